The van der Waals surface area contributed by atoms with E-state index in [1.807, 2.05) is 0 Å². The summed E-state index contributed by atoms with van der Waals surface area (Å²) in [4.78, 5) is 8.57. The molecule has 1 aromatic rings. The number of aliphatic hydroxyl groups is 1. The molecular weight excluding hydrogens is 191 g/mol. The van der Waals surface area contributed by atoms with Crippen LogP contribution in [0.15, 0.2) is 30.3 Å². The molecule has 0 saturated heterocycles. The smallest absolute Gasteiger partial charge is 0.221 e. The quantitative estimate of drug-likeness (QED) is 0.513. The Kier molecular flexibility index (Phi) is 5.09. The van der Waals surface area contributed by atoms with Crippen molar-refractivity contribution in [3.05, 3.63) is 35.9 Å². The van der Waals surface area contributed by atoms with Crippen molar-refractivity contribution >= 4 is 19.0 Å². The van der Waals surface area contributed by atoms with Crippen LogP contribution in [0.25, 0.3) is 0 Å². The van der Waals surface area contributed by atoms with Crippen molar-refractivity contribution in [2.75, 3.05) is 0 Å². The molecule has 0 aliphatic heterocycles. The second-order valence-corrected chi connectivity index (χ2v) is 3.37. The molecule has 1 rings (SSSR count). The van der Waals surface area contributed by atoms with Crippen molar-refractivity contribution in [3.63, 3.8) is 0 Å². The second kappa shape index (κ2) is 5.27. The van der Waals surface area contributed by atoms with Crippen molar-refractivity contribution in [1.82, 2.24) is 0 Å². The molecule has 0 heterocycles. The Bertz CT molecular complexity index is 252. The maximum Gasteiger partial charge on any atom is 0.221 e. The summed E-state index contributed by atoms with van der Waals surface area (Å²) in [6.07, 6.45) is 0. The van der Waals surface area contributed by atoms with Gasteiger partial charge in [0.1, 0.15) is 0 Å². The zero-order valence-corrected chi connectivity index (χ0v) is 6.77. The van der Waals surface area contributed by atoms with Gasteiger partial charge in [-0.25, -0.2) is 0 Å². The van der Waals surface area contributed by atoms with Gasteiger partial charge in [0.25, 0.3) is 0 Å². The van der Waals surface area contributed by atoms with Crippen molar-refractivity contribution in [1.29, 1.82) is 0 Å². The van der Waals surface area contributed by atoms with E-state index in [9.17, 15) is 4.57 Å². The van der Waals surface area contributed by atoms with Gasteiger partial charge in [-0.05, 0) is 16.5 Å². The van der Waals surface area contributed by atoms with E-state index in [2.05, 4.69) is 0 Å². The van der Waals surface area contributed by atoms with Crippen LogP contribution in [0.4, 0.5) is 0 Å². The Hall–Kier alpha value is -0.413. The monoisotopic (exact) mass is 204 g/mol. The molecule has 0 amide bonds. The molecule has 1 aromatic carbocycles. The summed E-state index contributed by atoms with van der Waals surface area (Å²) in [6, 6.07) is 8.43. The maximum absolute atomic E-state index is 10.4. The lowest BCUT2D eigenvalue weighted by Gasteiger charge is -2.04. The van der Waals surface area contributed by atoms with Gasteiger partial charge in [0.2, 0.25) is 8.03 Å². The molecule has 2 N–H and O–H groups in total. The zero-order valence-electron chi connectivity index (χ0n) is 5.77. The van der Waals surface area contributed by atoms with E-state index < -0.39 is 13.9 Å². The molecule has 0 bridgehead atoms. The third-order valence-electron chi connectivity index (χ3n) is 1.35. The van der Waals surface area contributed by atoms with E-state index in [0.29, 0.717) is 5.56 Å². The van der Waals surface area contributed by atoms with Crippen LogP contribution in [-0.4, -0.2) is 21.0 Å². The average molecular weight is 204 g/mol. The number of aliphatic hydroxyl groups excluding tert-OH is 1. The third-order valence-corrected chi connectivity index (χ3v) is 2.15. The van der Waals surface area contributed by atoms with Crippen LogP contribution >= 0.6 is 8.03 Å². The van der Waals surface area contributed by atoms with Gasteiger partial charge in [0.05, 0.1) is 0 Å². The van der Waals surface area contributed by atoms with Gasteiger partial charge in [0, 0.05) is 0 Å². The molecule has 0 aromatic heterocycles. The number of hydrogen-bond acceptors (Lipinski definition) is 2. The van der Waals surface area contributed by atoms with Crippen LogP contribution < -0.4 is 0 Å². The number of benzene rings is 1. The first-order chi connectivity index (χ1) is 5.22. The van der Waals surface area contributed by atoms with Crippen LogP contribution in [0.2, 0.25) is 0 Å². The van der Waals surface area contributed by atoms with Crippen molar-refractivity contribution in [2.24, 2.45) is 0 Å². The molecular formula is C7H13O3PSi. The average Bonchev–Trinajstić information content (AvgIpc) is 2.05. The largest absolute Gasteiger partial charge is 0.378 e. The van der Waals surface area contributed by atoms with Gasteiger partial charge in [-0.15, -0.1) is 0 Å². The first-order valence-corrected chi connectivity index (χ1v) is 4.61. The molecule has 0 spiro atoms. The topological polar surface area (TPSA) is 57.5 Å². The standard InChI is InChI=1S/C7H9O3P.H4Si/c8-7(11(9)10)6-4-2-1-3-5-6;/h1-5,7-8,11H,(H,9,10);1H4. The predicted molar refractivity (Wildman–Crippen MR) is 54.0 cm³/mol. The third kappa shape index (κ3) is 2.91. The first kappa shape index (κ1) is 11.6. The minimum Gasteiger partial charge on any atom is -0.378 e. The Balaban J connectivity index is 0.00000121. The molecule has 0 aliphatic carbocycles. The Labute approximate surface area is 75.9 Å². The van der Waals surface area contributed by atoms with Crippen LogP contribution in [0.1, 0.15) is 11.4 Å². The fourth-order valence-electron chi connectivity index (χ4n) is 0.778. The molecule has 5 heteroatoms. The highest BCUT2D eigenvalue weighted by molar-refractivity contribution is 7.38. The van der Waals surface area contributed by atoms with E-state index in [1.165, 1.54) is 0 Å². The summed E-state index contributed by atoms with van der Waals surface area (Å²) in [6.45, 7) is 0. The summed E-state index contributed by atoms with van der Waals surface area (Å²) in [5.41, 5.74) is 0.485. The molecule has 0 fully saturated rings. The van der Waals surface area contributed by atoms with Gasteiger partial charge >= 0.3 is 0 Å². The highest BCUT2D eigenvalue weighted by Crippen LogP contribution is 2.34. The Morgan fingerprint density at radius 2 is 1.75 bits per heavy atom. The summed E-state index contributed by atoms with van der Waals surface area (Å²) in [5, 5.41) is 9.08. The van der Waals surface area contributed by atoms with Crippen LogP contribution in [-0.2, 0) is 4.57 Å². The van der Waals surface area contributed by atoms with Gasteiger partial charge in [0.15, 0.2) is 5.85 Å². The molecule has 0 saturated carbocycles. The van der Waals surface area contributed by atoms with Crippen molar-refractivity contribution < 1.29 is 14.6 Å². The molecule has 12 heavy (non-hydrogen) atoms. The lowest BCUT2D eigenvalue weighted by atomic mass is 10.2. The lowest BCUT2D eigenvalue weighted by molar-refractivity contribution is 0.243. The van der Waals surface area contributed by atoms with E-state index in [0.717, 1.165) is 0 Å². The molecule has 2 unspecified atom stereocenters. The van der Waals surface area contributed by atoms with Crippen molar-refractivity contribution in [3.8, 4) is 0 Å². The van der Waals surface area contributed by atoms with Gasteiger partial charge in [-0.2, -0.15) is 0 Å². The maximum atomic E-state index is 10.4. The molecule has 3 nitrogen and oxygen atoms in total. The Morgan fingerprint density at radius 1 is 1.25 bits per heavy atom. The first-order valence-electron chi connectivity index (χ1n) is 3.17. The minimum atomic E-state index is -2.86. The van der Waals surface area contributed by atoms with Crippen LogP contribution in [0, 0.1) is 0 Å². The summed E-state index contributed by atoms with van der Waals surface area (Å²) < 4.78 is 10.4. The SMILES string of the molecule is O=[PH](O)C(O)c1ccccc1.[SiH4]. The van der Waals surface area contributed by atoms with Crippen LogP contribution in [0.5, 0.6) is 0 Å². The Morgan fingerprint density at radius 3 is 2.17 bits per heavy atom. The zero-order chi connectivity index (χ0) is 8.27. The fourth-order valence-corrected chi connectivity index (χ4v) is 1.26. The lowest BCUT2D eigenvalue weighted by Crippen LogP contribution is -1.89. The number of rotatable bonds is 2. The number of hydrogen-bond donors (Lipinski definition) is 2. The van der Waals surface area contributed by atoms with Gasteiger partial charge < -0.3 is 10.00 Å². The normalized spacial score (nSPS) is 14.5. The highest BCUT2D eigenvalue weighted by Gasteiger charge is 2.10. The van der Waals surface area contributed by atoms with E-state index >= 15 is 0 Å². The molecule has 0 aliphatic rings. The highest BCUT2D eigenvalue weighted by atomic mass is 31.1. The summed E-state index contributed by atoms with van der Waals surface area (Å²) in [5.74, 6) is -1.22. The summed E-state index contributed by atoms with van der Waals surface area (Å²) in [7, 11) is -2.86. The predicted octanol–water partition coefficient (Wildman–Crippen LogP) is -0.307. The summed E-state index contributed by atoms with van der Waals surface area (Å²) >= 11 is 0. The fraction of sp³-hybridized carbons (Fsp3) is 0.143. The van der Waals surface area contributed by atoms with E-state index in [1.54, 1.807) is 30.3 Å². The minimum absolute atomic E-state index is 0. The second-order valence-electron chi connectivity index (χ2n) is 2.15. The van der Waals surface area contributed by atoms with E-state index in [4.69, 9.17) is 10.00 Å². The van der Waals surface area contributed by atoms with Gasteiger partial charge in [-0.3, -0.25) is 4.57 Å². The van der Waals surface area contributed by atoms with Crippen molar-refractivity contribution in [2.45, 2.75) is 5.85 Å². The van der Waals surface area contributed by atoms with Gasteiger partial charge in [-0.1, -0.05) is 30.3 Å². The molecule has 0 radical (unpaired) electrons. The molecule has 2 atom stereocenters. The molecule has 68 valence electrons. The van der Waals surface area contributed by atoms with E-state index in [-0.39, 0.29) is 11.0 Å². The van der Waals surface area contributed by atoms with Crippen LogP contribution in [0.3, 0.4) is 0 Å².